The molecular weight excluding hydrogens is 198 g/mol. The zero-order valence-corrected chi connectivity index (χ0v) is 7.45. The molecule has 5 heteroatoms. The van der Waals surface area contributed by atoms with Crippen LogP contribution in [0.25, 0.3) is 0 Å². The van der Waals surface area contributed by atoms with E-state index in [0.29, 0.717) is 6.07 Å². The van der Waals surface area contributed by atoms with Gasteiger partial charge in [-0.3, -0.25) is 0 Å². The number of hydrogen-bond donors (Lipinski definition) is 1. The summed E-state index contributed by atoms with van der Waals surface area (Å²) in [6.07, 6.45) is -4.49. The molecule has 0 fully saturated rings. The Labute approximate surface area is 78.7 Å². The Morgan fingerprint density at radius 3 is 2.36 bits per heavy atom. The van der Waals surface area contributed by atoms with Crippen molar-refractivity contribution in [3.05, 3.63) is 35.1 Å². The molecule has 1 aromatic rings. The van der Waals surface area contributed by atoms with E-state index in [1.807, 2.05) is 0 Å². The van der Waals surface area contributed by atoms with Crippen LogP contribution in [0, 0.1) is 5.82 Å². The van der Waals surface area contributed by atoms with Gasteiger partial charge >= 0.3 is 6.18 Å². The number of hydrogen-bond acceptors (Lipinski definition) is 1. The molecule has 1 nitrogen and oxygen atoms in total. The second-order valence-corrected chi connectivity index (χ2v) is 2.83. The first-order valence-corrected chi connectivity index (χ1v) is 3.95. The lowest BCUT2D eigenvalue weighted by molar-refractivity contribution is -0.137. The third kappa shape index (κ3) is 2.45. The molecule has 1 rings (SSSR count). The fraction of sp³-hybridized carbons (Fsp3) is 0.333. The second kappa shape index (κ2) is 3.96. The lowest BCUT2D eigenvalue weighted by Gasteiger charge is -2.08. The molecule has 0 saturated heterocycles. The third-order valence-electron chi connectivity index (χ3n) is 1.75. The molecule has 0 aliphatic rings. The van der Waals surface area contributed by atoms with Gasteiger partial charge in [0.25, 0.3) is 0 Å². The largest absolute Gasteiger partial charge is 0.416 e. The molecule has 1 aromatic carbocycles. The van der Waals surface area contributed by atoms with Crippen LogP contribution in [-0.2, 0) is 12.7 Å². The molecule has 78 valence electrons. The number of alkyl halides is 3. The van der Waals surface area contributed by atoms with Crippen molar-refractivity contribution in [1.29, 1.82) is 0 Å². The van der Waals surface area contributed by atoms with E-state index in [1.54, 1.807) is 7.05 Å². The molecule has 0 bridgehead atoms. The van der Waals surface area contributed by atoms with E-state index in [4.69, 9.17) is 0 Å². The number of halogens is 4. The van der Waals surface area contributed by atoms with Crippen LogP contribution in [-0.4, -0.2) is 7.05 Å². The fourth-order valence-electron chi connectivity index (χ4n) is 1.06. The Balaban J connectivity index is 3.01. The molecule has 1 N–H and O–H groups in total. The van der Waals surface area contributed by atoms with Crippen LogP contribution in [0.4, 0.5) is 17.6 Å². The maximum absolute atomic E-state index is 13.0. The van der Waals surface area contributed by atoms with Gasteiger partial charge in [-0.1, -0.05) is 6.07 Å². The van der Waals surface area contributed by atoms with E-state index in [0.717, 1.165) is 12.1 Å². The molecule has 0 atom stereocenters. The van der Waals surface area contributed by atoms with Gasteiger partial charge in [0.15, 0.2) is 0 Å². The van der Waals surface area contributed by atoms with E-state index in [1.165, 1.54) is 0 Å². The van der Waals surface area contributed by atoms with Crippen molar-refractivity contribution in [3.63, 3.8) is 0 Å². The molecule has 0 heterocycles. The maximum Gasteiger partial charge on any atom is 0.416 e. The highest BCUT2D eigenvalue weighted by Gasteiger charge is 2.30. The summed E-state index contributed by atoms with van der Waals surface area (Å²) in [6, 6.07) is 2.51. The molecule has 0 aromatic heterocycles. The summed E-state index contributed by atoms with van der Waals surface area (Å²) in [4.78, 5) is 0. The zero-order chi connectivity index (χ0) is 10.8. The van der Waals surface area contributed by atoms with Crippen molar-refractivity contribution in [2.45, 2.75) is 12.7 Å². The van der Waals surface area contributed by atoms with Crippen molar-refractivity contribution in [2.75, 3.05) is 7.05 Å². The fourth-order valence-corrected chi connectivity index (χ4v) is 1.06. The molecule has 0 aliphatic carbocycles. The summed E-state index contributed by atoms with van der Waals surface area (Å²) in [5.74, 6) is -0.839. The Morgan fingerprint density at radius 1 is 1.29 bits per heavy atom. The smallest absolute Gasteiger partial charge is 0.316 e. The minimum atomic E-state index is -4.49. The number of rotatable bonds is 2. The van der Waals surface area contributed by atoms with Gasteiger partial charge < -0.3 is 5.32 Å². The molecule has 0 aliphatic heterocycles. The van der Waals surface area contributed by atoms with Crippen LogP contribution in [0.5, 0.6) is 0 Å². The van der Waals surface area contributed by atoms with Crippen molar-refractivity contribution < 1.29 is 17.6 Å². The summed E-state index contributed by atoms with van der Waals surface area (Å²) in [5.41, 5.74) is -0.740. The standard InChI is InChI=1S/C9H9F4N/c1-14-5-6-2-3-7(4-8(6)10)9(11,12)13/h2-4,14H,5H2,1H3. The van der Waals surface area contributed by atoms with Crippen LogP contribution in [0.3, 0.4) is 0 Å². The molecule has 0 unspecified atom stereocenters. The first kappa shape index (κ1) is 11.0. The predicted octanol–water partition coefficient (Wildman–Crippen LogP) is 2.56. The average molecular weight is 207 g/mol. The number of benzene rings is 1. The summed E-state index contributed by atoms with van der Waals surface area (Å²) in [6.45, 7) is 0.212. The maximum atomic E-state index is 13.0. The Bertz CT molecular complexity index is 319. The Morgan fingerprint density at radius 2 is 1.93 bits per heavy atom. The quantitative estimate of drug-likeness (QED) is 0.735. The van der Waals surface area contributed by atoms with Crippen LogP contribution in [0.1, 0.15) is 11.1 Å². The summed E-state index contributed by atoms with van der Waals surface area (Å²) in [7, 11) is 1.59. The average Bonchev–Trinajstić information content (AvgIpc) is 2.07. The van der Waals surface area contributed by atoms with Gasteiger partial charge in [0.1, 0.15) is 5.82 Å². The molecular formula is C9H9F4N. The van der Waals surface area contributed by atoms with Crippen molar-refractivity contribution in [2.24, 2.45) is 0 Å². The van der Waals surface area contributed by atoms with Gasteiger partial charge in [-0.25, -0.2) is 4.39 Å². The van der Waals surface area contributed by atoms with Crippen molar-refractivity contribution in [1.82, 2.24) is 5.32 Å². The molecule has 0 radical (unpaired) electrons. The summed E-state index contributed by atoms with van der Waals surface area (Å²) < 4.78 is 49.3. The second-order valence-electron chi connectivity index (χ2n) is 2.83. The molecule has 14 heavy (non-hydrogen) atoms. The van der Waals surface area contributed by atoms with Gasteiger partial charge in [-0.15, -0.1) is 0 Å². The highest BCUT2D eigenvalue weighted by atomic mass is 19.4. The van der Waals surface area contributed by atoms with E-state index in [-0.39, 0.29) is 12.1 Å². The first-order chi connectivity index (χ1) is 6.45. The normalized spacial score (nSPS) is 11.8. The number of nitrogens with one attached hydrogen (secondary N) is 1. The summed E-state index contributed by atoms with van der Waals surface area (Å²) >= 11 is 0. The predicted molar refractivity (Wildman–Crippen MR) is 44.2 cm³/mol. The first-order valence-electron chi connectivity index (χ1n) is 3.95. The van der Waals surface area contributed by atoms with Crippen molar-refractivity contribution in [3.8, 4) is 0 Å². The van der Waals surface area contributed by atoms with E-state index >= 15 is 0 Å². The Kier molecular flexibility index (Phi) is 3.10. The van der Waals surface area contributed by atoms with Crippen LogP contribution >= 0.6 is 0 Å². The molecule has 0 amide bonds. The van der Waals surface area contributed by atoms with E-state index < -0.39 is 17.6 Å². The molecule has 0 spiro atoms. The van der Waals surface area contributed by atoms with Gasteiger partial charge in [0.2, 0.25) is 0 Å². The third-order valence-corrected chi connectivity index (χ3v) is 1.75. The van der Waals surface area contributed by atoms with Gasteiger partial charge in [0, 0.05) is 12.1 Å². The monoisotopic (exact) mass is 207 g/mol. The SMILES string of the molecule is CNCc1ccc(C(F)(F)F)cc1F. The van der Waals surface area contributed by atoms with E-state index in [2.05, 4.69) is 5.32 Å². The highest BCUT2D eigenvalue weighted by molar-refractivity contribution is 5.26. The van der Waals surface area contributed by atoms with Crippen molar-refractivity contribution >= 4 is 0 Å². The minimum absolute atomic E-state index is 0.212. The van der Waals surface area contributed by atoms with Crippen LogP contribution < -0.4 is 5.32 Å². The summed E-state index contributed by atoms with van der Waals surface area (Å²) in [5, 5.41) is 2.66. The Hall–Kier alpha value is -1.10. The van der Waals surface area contributed by atoms with E-state index in [9.17, 15) is 17.6 Å². The zero-order valence-electron chi connectivity index (χ0n) is 7.45. The topological polar surface area (TPSA) is 12.0 Å². The highest BCUT2D eigenvalue weighted by Crippen LogP contribution is 2.30. The van der Waals surface area contributed by atoms with Crippen LogP contribution in [0.2, 0.25) is 0 Å². The minimum Gasteiger partial charge on any atom is -0.316 e. The van der Waals surface area contributed by atoms with Gasteiger partial charge in [-0.05, 0) is 19.2 Å². The van der Waals surface area contributed by atoms with Gasteiger partial charge in [0.05, 0.1) is 5.56 Å². The lowest BCUT2D eigenvalue weighted by Crippen LogP contribution is -2.10. The van der Waals surface area contributed by atoms with Gasteiger partial charge in [-0.2, -0.15) is 13.2 Å². The lowest BCUT2D eigenvalue weighted by atomic mass is 10.1. The van der Waals surface area contributed by atoms with Crippen LogP contribution in [0.15, 0.2) is 18.2 Å². The molecule has 0 saturated carbocycles.